The molecule has 2 rings (SSSR count). The zero-order valence-corrected chi connectivity index (χ0v) is 11.9. The number of rotatable bonds is 4. The number of halogens is 1. The minimum atomic E-state index is -0.568. The molecule has 0 radical (unpaired) electrons. The summed E-state index contributed by atoms with van der Waals surface area (Å²) in [5, 5.41) is 10.6. The highest BCUT2D eigenvalue weighted by Crippen LogP contribution is 2.29. The summed E-state index contributed by atoms with van der Waals surface area (Å²) in [6.45, 7) is 1.96. The van der Waals surface area contributed by atoms with Crippen LogP contribution in [0.1, 0.15) is 28.4 Å². The van der Waals surface area contributed by atoms with Gasteiger partial charge in [-0.1, -0.05) is 41.9 Å². The van der Waals surface area contributed by atoms with Gasteiger partial charge in [0, 0.05) is 17.0 Å². The maximum atomic E-state index is 11.8. The monoisotopic (exact) mass is 290 g/mol. The first-order valence-electron chi connectivity index (χ1n) is 6.34. The number of carbonyl (C=O) groups excluding carboxylic acids is 1. The first-order chi connectivity index (χ1) is 9.61. The van der Waals surface area contributed by atoms with Crippen molar-refractivity contribution in [1.82, 2.24) is 0 Å². The molecule has 0 unspecified atom stereocenters. The number of hydrogen-bond donors (Lipinski definition) is 1. The maximum absolute atomic E-state index is 11.8. The zero-order chi connectivity index (χ0) is 14.5. The molecule has 0 aliphatic heterocycles. The number of ether oxygens (including phenoxy) is 1. The van der Waals surface area contributed by atoms with E-state index in [1.165, 1.54) is 6.07 Å². The Morgan fingerprint density at radius 3 is 2.60 bits per heavy atom. The molecule has 20 heavy (non-hydrogen) atoms. The van der Waals surface area contributed by atoms with Gasteiger partial charge >= 0.3 is 5.97 Å². The summed E-state index contributed by atoms with van der Waals surface area (Å²) in [5.41, 5.74) is 1.73. The number of benzene rings is 2. The lowest BCUT2D eigenvalue weighted by molar-refractivity contribution is 0.0523. The van der Waals surface area contributed by atoms with Crippen LogP contribution < -0.4 is 0 Å². The largest absolute Gasteiger partial charge is 0.507 e. The summed E-state index contributed by atoms with van der Waals surface area (Å²) in [6, 6.07) is 12.7. The fourth-order valence-electron chi connectivity index (χ4n) is 1.97. The van der Waals surface area contributed by atoms with Crippen LogP contribution in [0.2, 0.25) is 5.02 Å². The van der Waals surface area contributed by atoms with Crippen LogP contribution in [0, 0.1) is 0 Å². The molecule has 0 bridgehead atoms. The van der Waals surface area contributed by atoms with Gasteiger partial charge in [-0.25, -0.2) is 4.79 Å². The van der Waals surface area contributed by atoms with Crippen LogP contribution in [-0.2, 0) is 11.2 Å². The summed E-state index contributed by atoms with van der Waals surface area (Å²) >= 11 is 6.01. The smallest absolute Gasteiger partial charge is 0.341 e. The minimum Gasteiger partial charge on any atom is -0.507 e. The average molecular weight is 291 g/mol. The molecule has 0 spiro atoms. The van der Waals surface area contributed by atoms with Gasteiger partial charge in [0.15, 0.2) is 0 Å². The normalized spacial score (nSPS) is 10.3. The second-order valence-corrected chi connectivity index (χ2v) is 4.78. The zero-order valence-electron chi connectivity index (χ0n) is 11.1. The maximum Gasteiger partial charge on any atom is 0.341 e. The van der Waals surface area contributed by atoms with E-state index in [1.54, 1.807) is 13.0 Å². The third-order valence-corrected chi connectivity index (χ3v) is 3.10. The molecule has 0 aliphatic carbocycles. The number of hydrogen-bond acceptors (Lipinski definition) is 3. The van der Waals surface area contributed by atoms with Crippen LogP contribution in [-0.4, -0.2) is 17.7 Å². The molecule has 3 nitrogen and oxygen atoms in total. The second kappa shape index (κ2) is 6.44. The Balaban J connectivity index is 2.36. The molecule has 2 aromatic rings. The number of phenolic OH excluding ortho intramolecular Hbond substituents is 1. The SMILES string of the molecule is CCOC(=O)c1cc(Cl)cc(Cc2ccccc2)c1O. The lowest BCUT2D eigenvalue weighted by atomic mass is 10.0. The summed E-state index contributed by atoms with van der Waals surface area (Å²) < 4.78 is 4.91. The highest BCUT2D eigenvalue weighted by atomic mass is 35.5. The summed E-state index contributed by atoms with van der Waals surface area (Å²) in [7, 11) is 0. The molecule has 2 aromatic carbocycles. The van der Waals surface area contributed by atoms with Gasteiger partial charge in [0.25, 0.3) is 0 Å². The van der Waals surface area contributed by atoms with Crippen LogP contribution >= 0.6 is 11.6 Å². The van der Waals surface area contributed by atoms with E-state index in [0.717, 1.165) is 5.56 Å². The van der Waals surface area contributed by atoms with E-state index < -0.39 is 5.97 Å². The van der Waals surface area contributed by atoms with Crippen molar-refractivity contribution in [3.63, 3.8) is 0 Å². The molecule has 0 amide bonds. The second-order valence-electron chi connectivity index (χ2n) is 4.34. The standard InChI is InChI=1S/C16H15ClO3/c1-2-20-16(19)14-10-13(17)9-12(15(14)18)8-11-6-4-3-5-7-11/h3-7,9-10,18H,2,8H2,1H3. The van der Waals surface area contributed by atoms with Crippen LogP contribution in [0.15, 0.2) is 42.5 Å². The van der Waals surface area contributed by atoms with Gasteiger partial charge in [-0.3, -0.25) is 0 Å². The Morgan fingerprint density at radius 1 is 1.25 bits per heavy atom. The Kier molecular flexibility index (Phi) is 4.64. The summed E-state index contributed by atoms with van der Waals surface area (Å²) in [6.07, 6.45) is 0.500. The van der Waals surface area contributed by atoms with E-state index in [9.17, 15) is 9.90 Å². The van der Waals surface area contributed by atoms with Crippen molar-refractivity contribution in [3.8, 4) is 5.75 Å². The molecule has 4 heteroatoms. The minimum absolute atomic E-state index is 0.0725. The van der Waals surface area contributed by atoms with E-state index in [0.29, 0.717) is 17.0 Å². The van der Waals surface area contributed by atoms with Gasteiger partial charge in [0.2, 0.25) is 0 Å². The average Bonchev–Trinajstić information content (AvgIpc) is 2.44. The van der Waals surface area contributed by atoms with Gasteiger partial charge in [-0.2, -0.15) is 0 Å². The highest BCUT2D eigenvalue weighted by Gasteiger charge is 2.17. The van der Waals surface area contributed by atoms with Crippen molar-refractivity contribution in [2.24, 2.45) is 0 Å². The fourth-order valence-corrected chi connectivity index (χ4v) is 2.21. The molecule has 0 heterocycles. The van der Waals surface area contributed by atoms with Crippen LogP contribution in [0.4, 0.5) is 0 Å². The van der Waals surface area contributed by atoms with Gasteiger partial charge in [-0.15, -0.1) is 0 Å². The molecule has 0 atom stereocenters. The Labute approximate surface area is 122 Å². The van der Waals surface area contributed by atoms with Gasteiger partial charge in [0.1, 0.15) is 11.3 Å². The third kappa shape index (κ3) is 3.31. The molecule has 0 saturated heterocycles. The van der Waals surface area contributed by atoms with Gasteiger partial charge in [0.05, 0.1) is 6.61 Å². The summed E-state index contributed by atoms with van der Waals surface area (Å²) in [4.78, 5) is 11.8. The third-order valence-electron chi connectivity index (χ3n) is 2.89. The molecule has 0 fully saturated rings. The van der Waals surface area contributed by atoms with Crippen molar-refractivity contribution in [2.75, 3.05) is 6.61 Å². The Morgan fingerprint density at radius 2 is 1.95 bits per heavy atom. The van der Waals surface area contributed by atoms with Crippen LogP contribution in [0.25, 0.3) is 0 Å². The Bertz CT molecular complexity index is 609. The fraction of sp³-hybridized carbons (Fsp3) is 0.188. The number of carbonyl (C=O) groups is 1. The molecule has 0 aromatic heterocycles. The first kappa shape index (κ1) is 14.4. The summed E-state index contributed by atoms with van der Waals surface area (Å²) in [5.74, 6) is -0.640. The van der Waals surface area contributed by atoms with E-state index in [2.05, 4.69) is 0 Å². The first-order valence-corrected chi connectivity index (χ1v) is 6.72. The quantitative estimate of drug-likeness (QED) is 0.871. The predicted octanol–water partition coefficient (Wildman–Crippen LogP) is 3.81. The van der Waals surface area contributed by atoms with Crippen LogP contribution in [0.5, 0.6) is 5.75 Å². The van der Waals surface area contributed by atoms with E-state index in [4.69, 9.17) is 16.3 Å². The van der Waals surface area contributed by atoms with Gasteiger partial charge < -0.3 is 9.84 Å². The van der Waals surface area contributed by atoms with Crippen molar-refractivity contribution in [2.45, 2.75) is 13.3 Å². The van der Waals surface area contributed by atoms with Crippen molar-refractivity contribution in [3.05, 3.63) is 64.2 Å². The van der Waals surface area contributed by atoms with E-state index >= 15 is 0 Å². The Hall–Kier alpha value is -2.00. The van der Waals surface area contributed by atoms with Gasteiger partial charge in [-0.05, 0) is 24.6 Å². The molecule has 0 saturated carbocycles. The van der Waals surface area contributed by atoms with E-state index in [1.807, 2.05) is 30.3 Å². The van der Waals surface area contributed by atoms with Crippen LogP contribution in [0.3, 0.4) is 0 Å². The number of phenols is 1. The predicted molar refractivity (Wildman–Crippen MR) is 78.3 cm³/mol. The number of aromatic hydroxyl groups is 1. The van der Waals surface area contributed by atoms with Crippen molar-refractivity contribution >= 4 is 17.6 Å². The molecule has 104 valence electrons. The number of esters is 1. The van der Waals surface area contributed by atoms with Crippen molar-refractivity contribution < 1.29 is 14.6 Å². The van der Waals surface area contributed by atoms with Crippen molar-refractivity contribution in [1.29, 1.82) is 0 Å². The van der Waals surface area contributed by atoms with E-state index in [-0.39, 0.29) is 17.9 Å². The molecular weight excluding hydrogens is 276 g/mol. The topological polar surface area (TPSA) is 46.5 Å². The highest BCUT2D eigenvalue weighted by molar-refractivity contribution is 6.31. The molecule has 1 N–H and O–H groups in total. The molecular formula is C16H15ClO3. The molecule has 0 aliphatic rings. The lowest BCUT2D eigenvalue weighted by Crippen LogP contribution is -2.06. The lowest BCUT2D eigenvalue weighted by Gasteiger charge is -2.10.